The topological polar surface area (TPSA) is 0 Å². The highest BCUT2D eigenvalue weighted by Crippen LogP contribution is 2.12. The van der Waals surface area contributed by atoms with E-state index in [1.165, 1.54) is 0 Å². The van der Waals surface area contributed by atoms with Crippen molar-refractivity contribution in [1.82, 2.24) is 0 Å². The van der Waals surface area contributed by atoms with Crippen LogP contribution in [0.5, 0.6) is 0 Å². The summed E-state index contributed by atoms with van der Waals surface area (Å²) in [5, 5.41) is 0. The summed E-state index contributed by atoms with van der Waals surface area (Å²) in [5.74, 6) is 0. The van der Waals surface area contributed by atoms with E-state index in [-0.39, 0.29) is 17.0 Å². The van der Waals surface area contributed by atoms with Gasteiger partial charge in [-0.1, -0.05) is 27.4 Å². The summed E-state index contributed by atoms with van der Waals surface area (Å²) in [4.78, 5) is 0. The van der Waals surface area contributed by atoms with Crippen LogP contribution in [0, 0.1) is 0 Å². The van der Waals surface area contributed by atoms with Crippen LogP contribution in [0.15, 0.2) is 0 Å². The van der Waals surface area contributed by atoms with Crippen LogP contribution in [0.4, 0.5) is 0 Å². The molecule has 0 aliphatic rings. The van der Waals surface area contributed by atoms with Crippen LogP contribution in [-0.2, 0) is 0 Å². The molecule has 0 unspecified atom stereocenters. The largest absolute Gasteiger partial charge is 1.00 e. The zero-order valence-electron chi connectivity index (χ0n) is 33.9. The third kappa shape index (κ3) is 6.02. The highest BCUT2D eigenvalue weighted by Gasteiger charge is 2.22. The van der Waals surface area contributed by atoms with E-state index in [1.54, 1.807) is 0 Å². The van der Waals surface area contributed by atoms with Crippen molar-refractivity contribution in [1.29, 1.82) is 0 Å². The monoisotopic (exact) mass is 292 g/mol. The van der Waals surface area contributed by atoms with E-state index in [4.69, 9.17) is 37.0 Å². The van der Waals surface area contributed by atoms with Gasteiger partial charge in [-0.15, -0.1) is 0 Å². The Kier molecular flexibility index (Phi) is 1.19. The van der Waals surface area contributed by atoms with Crippen molar-refractivity contribution in [2.75, 3.05) is 26.0 Å². The maximum Gasteiger partial charge on any atom is 0.0924 e. The summed E-state index contributed by atoms with van der Waals surface area (Å²) >= 11 is 0. The van der Waals surface area contributed by atoms with Crippen LogP contribution in [0.25, 0.3) is 0 Å². The molecule has 0 rings (SSSR count). The van der Waals surface area contributed by atoms with Crippen molar-refractivity contribution in [3.63, 3.8) is 0 Å². The molecule has 0 heterocycles. The summed E-state index contributed by atoms with van der Waals surface area (Å²) in [6.45, 7) is -38.0. The van der Waals surface area contributed by atoms with Gasteiger partial charge in [0.15, 0.2) is 0 Å². The smallest absolute Gasteiger partial charge is 0.0924 e. The highest BCUT2D eigenvalue weighted by atomic mass is 79.9. The quantitative estimate of drug-likeness (QED) is 0.570. The van der Waals surface area contributed by atoms with Crippen molar-refractivity contribution in [3.05, 3.63) is 0 Å². The second-order valence-electron chi connectivity index (χ2n) is 1.64. The van der Waals surface area contributed by atoms with E-state index in [2.05, 4.69) is 0 Å². The summed E-state index contributed by atoms with van der Waals surface area (Å²) in [6.07, 6.45) is -19.2. The molecular weight excluding hydrogens is 238 g/mol. The molecule has 0 saturated carbocycles. The Balaban J connectivity index is 0. The molecule has 0 radical (unpaired) electrons. The van der Waals surface area contributed by atoms with Crippen LogP contribution >= 0.6 is 0 Å². The van der Waals surface area contributed by atoms with E-state index in [0.717, 1.165) is 0 Å². The van der Waals surface area contributed by atoms with E-state index in [0.29, 0.717) is 0 Å². The van der Waals surface area contributed by atoms with Gasteiger partial charge >= 0.3 is 0 Å². The third-order valence-electron chi connectivity index (χ3n) is 0.903. The molecule has 0 bridgehead atoms. The molecule has 0 amide bonds. The number of hydrogen-bond donors (Lipinski definition) is 0. The average Bonchev–Trinajstić information content (AvgIpc) is 2.63. The van der Waals surface area contributed by atoms with E-state index >= 15 is 0 Å². The Morgan fingerprint density at radius 3 is 1.64 bits per heavy atom. The van der Waals surface area contributed by atoms with Crippen LogP contribution in [0.1, 0.15) is 89.9 Å². The predicted octanol–water partition coefficient (Wildman–Crippen LogP) is 0.447. The fraction of sp³-hybridized carbons (Fsp3) is 1.00. The maximum atomic E-state index is 8.44. The predicted molar refractivity (Wildman–Crippen MR) is 60.9 cm³/mol. The van der Waals surface area contributed by atoms with Crippen molar-refractivity contribution in [2.45, 2.75) is 52.9 Å². The summed E-state index contributed by atoms with van der Waals surface area (Å²) in [6, 6.07) is 0. The molecule has 14 heavy (non-hydrogen) atoms. The van der Waals surface area contributed by atoms with Crippen molar-refractivity contribution in [3.8, 4) is 0 Å². The Labute approximate surface area is 139 Å². The van der Waals surface area contributed by atoms with Gasteiger partial charge in [-0.05, 0) is 25.5 Å². The molecule has 88 valence electrons. The van der Waals surface area contributed by atoms with Gasteiger partial charge in [0.1, 0.15) is 0 Å². The number of halogens is 1. The zero-order valence-corrected chi connectivity index (χ0v) is 8.49. The normalized spacial score (nSPS) is 50.8. The summed E-state index contributed by atoms with van der Waals surface area (Å²) in [7, 11) is 0. The van der Waals surface area contributed by atoms with Gasteiger partial charge in [0, 0.05) is 26.0 Å². The number of quaternary nitrogens is 1. The van der Waals surface area contributed by atoms with E-state index in [9.17, 15) is 0 Å². The molecule has 0 atom stereocenters. The number of nitrogens with zero attached hydrogens (tertiary/aromatic N) is 1. The SMILES string of the molecule is [2H]C([2H])C([2H])([2H])C([2H])([2H])[N+](C([2H])([2H])C([2H])([2H])C([2H])([2H])[2H])(C([2H])([2H])C([2H])([2H])C([2H])([2H])[2H])C([2H])([2H])C([2H])([2H])C([2H])([2H])[2H].[Br-]. The van der Waals surface area contributed by atoms with Gasteiger partial charge in [0.25, 0.3) is 0 Å². The van der Waals surface area contributed by atoms with Crippen LogP contribution in [0.3, 0.4) is 0 Å². The fourth-order valence-corrected chi connectivity index (χ4v) is 0.516. The van der Waals surface area contributed by atoms with Crippen molar-refractivity contribution in [2.24, 2.45) is 0 Å². The lowest BCUT2D eigenvalue weighted by Crippen LogP contribution is -3.00. The van der Waals surface area contributed by atoms with Gasteiger partial charge < -0.3 is 21.5 Å². The van der Waals surface area contributed by atoms with Gasteiger partial charge in [0.2, 0.25) is 0 Å². The number of hydrogen-bond acceptors (Lipinski definition) is 0. The summed E-state index contributed by atoms with van der Waals surface area (Å²) < 4.78 is 209. The van der Waals surface area contributed by atoms with E-state index in [1.807, 2.05) is 0 Å². The molecule has 0 aromatic heterocycles. The third-order valence-corrected chi connectivity index (χ3v) is 0.903. The standard InChI is InChI=1S/C12H28N.BrH/c1-5-9-13(10-6-2,11-7-3)12-8-4;/h5-12H2,1-4H3;1H/q+1;/p-1/i1D2,2D3,3D3,4D3,5D2,6D2,7D2,8D2,9D2,10D2,11D2,12D2;. The molecule has 0 aromatic rings. The first-order valence-electron chi connectivity index (χ1n) is 16.6. The molecule has 0 spiro atoms. The summed E-state index contributed by atoms with van der Waals surface area (Å²) in [5.41, 5.74) is 0. The lowest BCUT2D eigenvalue weighted by Gasteiger charge is -2.38. The van der Waals surface area contributed by atoms with Gasteiger partial charge in [-0.25, -0.2) is 0 Å². The Bertz CT molecular complexity index is 825. The minimum Gasteiger partial charge on any atom is -1.00 e. The van der Waals surface area contributed by atoms with E-state index < -0.39 is 83.4 Å². The zero-order chi connectivity index (χ0) is 33.6. The molecule has 0 aliphatic carbocycles. The van der Waals surface area contributed by atoms with Gasteiger partial charge in [0.05, 0.1) is 37.0 Å². The molecule has 0 N–H and O–H groups in total. The van der Waals surface area contributed by atoms with Gasteiger partial charge in [-0.3, -0.25) is 0 Å². The average molecular weight is 293 g/mol. The van der Waals surface area contributed by atoms with Crippen LogP contribution in [-0.4, -0.2) is 30.5 Å². The van der Waals surface area contributed by atoms with Crippen molar-refractivity contribution < 1.29 is 58.5 Å². The Hall–Kier alpha value is 0.440. The second-order valence-corrected chi connectivity index (χ2v) is 1.64. The lowest BCUT2D eigenvalue weighted by atomic mass is 10.2. The molecule has 0 aromatic carbocycles. The first kappa shape index (κ1) is 1.68. The minimum atomic E-state index is -5.37. The van der Waals surface area contributed by atoms with Gasteiger partial charge in [-0.2, -0.15) is 0 Å². The lowest BCUT2D eigenvalue weighted by molar-refractivity contribution is -0.928. The van der Waals surface area contributed by atoms with Crippen LogP contribution < -0.4 is 17.0 Å². The fourth-order valence-electron chi connectivity index (χ4n) is 0.516. The number of rotatable bonds is 8. The van der Waals surface area contributed by atoms with Crippen molar-refractivity contribution >= 4 is 0 Å². The maximum absolute atomic E-state index is 8.44. The molecule has 0 fully saturated rings. The first-order valence-corrected chi connectivity index (χ1v) is 2.93. The minimum absolute atomic E-state index is 0. The first-order chi connectivity index (χ1) is 16.7. The van der Waals surface area contributed by atoms with Crippen LogP contribution in [0.2, 0.25) is 0 Å². The molecule has 0 aliphatic heterocycles. The molecule has 1 nitrogen and oxygen atoms in total. The highest BCUT2D eigenvalue weighted by molar-refractivity contribution is 4.43. The Morgan fingerprint density at radius 1 is 0.857 bits per heavy atom. The second kappa shape index (κ2) is 9.97. The Morgan fingerprint density at radius 2 is 1.29 bits per heavy atom. The molecular formula is C12H28BrN. The molecule has 0 saturated heterocycles. The molecule has 2 heteroatoms.